The van der Waals surface area contributed by atoms with Gasteiger partial charge in [0.15, 0.2) is 0 Å². The third kappa shape index (κ3) is 8.32. The lowest BCUT2D eigenvalue weighted by Crippen LogP contribution is -2.22. The van der Waals surface area contributed by atoms with E-state index in [2.05, 4.69) is 21.1 Å². The van der Waals surface area contributed by atoms with Gasteiger partial charge >= 0.3 is 7.82 Å². The Bertz CT molecular complexity index is 1130. The first-order valence-corrected chi connectivity index (χ1v) is 12.2. The Morgan fingerprint density at radius 1 is 1.39 bits per heavy atom. The van der Waals surface area contributed by atoms with E-state index in [1.807, 2.05) is 6.07 Å². The van der Waals surface area contributed by atoms with Crippen LogP contribution in [-0.4, -0.2) is 47.8 Å². The summed E-state index contributed by atoms with van der Waals surface area (Å²) in [5.41, 5.74) is 8.29. The van der Waals surface area contributed by atoms with Gasteiger partial charge in [0.25, 0.3) is 0 Å². The minimum Gasteiger partial charge on any atom is -0.383 e. The van der Waals surface area contributed by atoms with E-state index < -0.39 is 7.82 Å². The Morgan fingerprint density at radius 3 is 2.73 bits per heavy atom. The summed E-state index contributed by atoms with van der Waals surface area (Å²) >= 11 is 0.339. The van der Waals surface area contributed by atoms with Crippen LogP contribution in [0.15, 0.2) is 47.6 Å². The number of amides is 1. The monoisotopic (exact) mass is 494 g/mol. The molecule has 0 aliphatic rings. The van der Waals surface area contributed by atoms with Gasteiger partial charge in [-0.05, 0) is 25.5 Å². The number of nitrogens with zero attached hydrogens (tertiary/aromatic N) is 3. The maximum absolute atomic E-state index is 11.9. The molecule has 0 bridgehead atoms. The topological polar surface area (TPSA) is 159 Å². The maximum atomic E-state index is 11.9. The number of hydrogen-bond acceptors (Lipinski definition) is 6. The fourth-order valence-electron chi connectivity index (χ4n) is 2.79. The van der Waals surface area contributed by atoms with Crippen molar-refractivity contribution in [1.82, 2.24) is 14.9 Å². The minimum absolute atomic E-state index is 0.00624. The highest BCUT2D eigenvalue weighted by atomic mass is 32.1. The van der Waals surface area contributed by atoms with Crippen molar-refractivity contribution < 1.29 is 28.8 Å². The Balaban J connectivity index is 2.44. The fraction of sp³-hybridized carbons (Fsp3) is 0.238. The standard InChI is InChI=1S/C21H27N4O6PS/c1-4-16-6-5-7-17(10-16)21(27)33-19(8-9-31-32(28,29)30)14(2)25(13-26)12-18-11-23-15(3)24-20(18)22/h4-7,10-11,13,27,33H,1,8-9,12H2,2-3H3,(H2,22,23,24)(H2,28,29,30)/b19-14-. The van der Waals surface area contributed by atoms with Gasteiger partial charge in [-0.1, -0.05) is 30.9 Å². The first-order valence-electron chi connectivity index (χ1n) is 9.74. The Labute approximate surface area is 195 Å². The number of carbonyl (C=O) groups excluding carboxylic acids is 1. The normalized spacial score (nSPS) is 13.1. The van der Waals surface area contributed by atoms with Gasteiger partial charge in [-0.2, -0.15) is 0 Å². The SMILES string of the molecule is C=Cc1cccc(/C(O)=[SH]/C(CCOP(=O)(O)O)=C(/C)N(C=O)Cc2cnc(C)nc2N)c1. The summed E-state index contributed by atoms with van der Waals surface area (Å²) in [6, 6.07) is 7.06. The van der Waals surface area contributed by atoms with Crippen LogP contribution < -0.4 is 5.73 Å². The van der Waals surface area contributed by atoms with Crippen molar-refractivity contribution in [3.63, 3.8) is 0 Å². The fourth-order valence-corrected chi connectivity index (χ4v) is 4.14. The molecule has 10 nitrogen and oxygen atoms in total. The number of rotatable bonds is 11. The van der Waals surface area contributed by atoms with Crippen LogP contribution in [0.4, 0.5) is 5.82 Å². The van der Waals surface area contributed by atoms with Gasteiger partial charge in [0.2, 0.25) is 6.41 Å². The van der Waals surface area contributed by atoms with Crippen molar-refractivity contribution in [3.05, 3.63) is 70.2 Å². The van der Waals surface area contributed by atoms with Gasteiger partial charge in [0.05, 0.1) is 13.2 Å². The molecular weight excluding hydrogens is 467 g/mol. The zero-order valence-corrected chi connectivity index (χ0v) is 20.0. The van der Waals surface area contributed by atoms with Crippen molar-refractivity contribution in [2.75, 3.05) is 12.3 Å². The Kier molecular flexibility index (Phi) is 9.66. The molecule has 1 aromatic heterocycles. The highest BCUT2D eigenvalue weighted by Gasteiger charge is 2.17. The first-order chi connectivity index (χ1) is 15.5. The van der Waals surface area contributed by atoms with E-state index in [-0.39, 0.29) is 30.4 Å². The average molecular weight is 495 g/mol. The molecule has 0 saturated carbocycles. The molecule has 2 aromatic rings. The summed E-state index contributed by atoms with van der Waals surface area (Å²) in [7, 11) is -4.67. The Morgan fingerprint density at radius 2 is 2.12 bits per heavy atom. The molecule has 1 aromatic carbocycles. The summed E-state index contributed by atoms with van der Waals surface area (Å²) in [6.07, 6.45) is 3.82. The molecule has 1 heterocycles. The van der Waals surface area contributed by atoms with Crippen LogP contribution in [0, 0.1) is 6.92 Å². The Hall–Kier alpha value is -2.66. The molecule has 0 aliphatic heterocycles. The number of anilines is 1. The molecule has 0 saturated heterocycles. The number of phosphoric acid groups is 1. The number of aliphatic hydroxyl groups excluding tert-OH is 1. The molecule has 1 amide bonds. The number of phosphoric ester groups is 1. The number of aliphatic hydroxyl groups is 1. The number of nitrogens with two attached hydrogens (primary N) is 1. The van der Waals surface area contributed by atoms with E-state index >= 15 is 0 Å². The minimum atomic E-state index is -4.67. The lowest BCUT2D eigenvalue weighted by atomic mass is 10.1. The molecule has 178 valence electrons. The molecular formula is C21H27N4O6PS. The maximum Gasteiger partial charge on any atom is 0.469 e. The number of nitrogen functional groups attached to an aromatic ring is 1. The van der Waals surface area contributed by atoms with Crippen molar-refractivity contribution >= 4 is 42.5 Å². The third-order valence-electron chi connectivity index (χ3n) is 4.55. The second-order valence-electron chi connectivity index (χ2n) is 6.93. The van der Waals surface area contributed by atoms with Crippen LogP contribution in [0.3, 0.4) is 0 Å². The van der Waals surface area contributed by atoms with Crippen LogP contribution in [0.1, 0.15) is 35.9 Å². The second kappa shape index (κ2) is 12.0. The molecule has 0 aliphatic carbocycles. The highest BCUT2D eigenvalue weighted by Crippen LogP contribution is 2.36. The second-order valence-corrected chi connectivity index (χ2v) is 9.36. The third-order valence-corrected chi connectivity index (χ3v) is 6.36. The van der Waals surface area contributed by atoms with Crippen molar-refractivity contribution in [2.24, 2.45) is 0 Å². The van der Waals surface area contributed by atoms with Gasteiger partial charge in [-0.15, -0.1) is 11.4 Å². The largest absolute Gasteiger partial charge is 0.469 e. The lowest BCUT2D eigenvalue weighted by molar-refractivity contribution is -0.116. The molecule has 0 atom stereocenters. The van der Waals surface area contributed by atoms with Gasteiger partial charge in [0, 0.05) is 34.3 Å². The average Bonchev–Trinajstić information content (AvgIpc) is 2.76. The summed E-state index contributed by atoms with van der Waals surface area (Å²) in [4.78, 5) is 40.0. The lowest BCUT2D eigenvalue weighted by Gasteiger charge is -2.22. The van der Waals surface area contributed by atoms with Gasteiger partial charge < -0.3 is 25.5 Å². The van der Waals surface area contributed by atoms with E-state index in [1.165, 1.54) is 11.1 Å². The smallest absolute Gasteiger partial charge is 0.383 e. The van der Waals surface area contributed by atoms with Gasteiger partial charge in [-0.3, -0.25) is 9.32 Å². The molecule has 0 spiro atoms. The zero-order chi connectivity index (χ0) is 24.6. The number of aryl methyl sites for hydroxylation is 1. The molecule has 2 rings (SSSR count). The number of carbonyl (C=O) groups is 1. The van der Waals surface area contributed by atoms with E-state index in [0.29, 0.717) is 45.3 Å². The van der Waals surface area contributed by atoms with Crippen LogP contribution in [0.2, 0.25) is 0 Å². The number of aromatic nitrogens is 2. The molecule has 33 heavy (non-hydrogen) atoms. The van der Waals surface area contributed by atoms with Gasteiger partial charge in [0.1, 0.15) is 16.7 Å². The highest BCUT2D eigenvalue weighted by molar-refractivity contribution is 8.02. The summed E-state index contributed by atoms with van der Waals surface area (Å²) in [5.74, 6) is 0.734. The van der Waals surface area contributed by atoms with Crippen LogP contribution in [-0.2, 0) is 20.4 Å². The summed E-state index contributed by atoms with van der Waals surface area (Å²) in [6.45, 7) is 6.83. The molecule has 0 radical (unpaired) electrons. The zero-order valence-electron chi connectivity index (χ0n) is 18.2. The number of allylic oxidation sites excluding steroid dienone is 1. The predicted molar refractivity (Wildman–Crippen MR) is 130 cm³/mol. The predicted octanol–water partition coefficient (Wildman–Crippen LogP) is 2.90. The van der Waals surface area contributed by atoms with Crippen LogP contribution in [0.25, 0.3) is 6.08 Å². The van der Waals surface area contributed by atoms with E-state index in [9.17, 15) is 14.5 Å². The van der Waals surface area contributed by atoms with E-state index in [4.69, 9.17) is 15.5 Å². The molecule has 0 fully saturated rings. The van der Waals surface area contributed by atoms with Crippen molar-refractivity contribution in [3.8, 4) is 0 Å². The number of thiol groups is 1. The summed E-state index contributed by atoms with van der Waals surface area (Å²) < 4.78 is 15.7. The van der Waals surface area contributed by atoms with Crippen molar-refractivity contribution in [1.29, 1.82) is 0 Å². The van der Waals surface area contributed by atoms with E-state index in [0.717, 1.165) is 5.56 Å². The molecule has 12 heteroatoms. The quantitative estimate of drug-likeness (QED) is 0.137. The van der Waals surface area contributed by atoms with Gasteiger partial charge in [-0.25, -0.2) is 14.5 Å². The first kappa shape index (κ1) is 26.6. The molecule has 0 unspecified atom stereocenters. The summed E-state index contributed by atoms with van der Waals surface area (Å²) in [5, 5.41) is 10.7. The van der Waals surface area contributed by atoms with Crippen LogP contribution >= 0.6 is 19.2 Å². The van der Waals surface area contributed by atoms with E-state index in [1.54, 1.807) is 38.1 Å². The van der Waals surface area contributed by atoms with Crippen LogP contribution in [0.5, 0.6) is 0 Å². The van der Waals surface area contributed by atoms with Crippen molar-refractivity contribution in [2.45, 2.75) is 26.8 Å². The number of benzene rings is 1. The number of hydrogen-bond donors (Lipinski definition) is 5. The molecule has 5 N–H and O–H groups in total.